The fraction of sp³-hybridized carbons (Fsp3) is 0.533. The van der Waals surface area contributed by atoms with Crippen LogP contribution in [0.2, 0.25) is 0 Å². The van der Waals surface area contributed by atoms with Gasteiger partial charge in [-0.05, 0) is 31.1 Å². The Bertz CT molecular complexity index is 480. The molecule has 0 radical (unpaired) electrons. The molecule has 0 amide bonds. The number of Topliss-reactive ketones (excluding diaryl/α,β-unsaturated/α-hetero) is 1. The zero-order valence-electron chi connectivity index (χ0n) is 11.7. The summed E-state index contributed by atoms with van der Waals surface area (Å²) in [4.78, 5) is 14.1. The summed E-state index contributed by atoms with van der Waals surface area (Å²) in [5.74, 6) is -0.0452. The van der Waals surface area contributed by atoms with E-state index in [0.717, 1.165) is 44.7 Å². The second-order valence-electron chi connectivity index (χ2n) is 5.29. The van der Waals surface area contributed by atoms with Crippen molar-refractivity contribution in [2.75, 3.05) is 32.7 Å². The third-order valence-corrected chi connectivity index (χ3v) is 3.49. The highest BCUT2D eigenvalue weighted by Crippen LogP contribution is 2.29. The lowest BCUT2D eigenvalue weighted by Gasteiger charge is -2.18. The van der Waals surface area contributed by atoms with Crippen LogP contribution in [0.5, 0.6) is 0 Å². The zero-order valence-corrected chi connectivity index (χ0v) is 11.7. The van der Waals surface area contributed by atoms with Crippen LogP contribution < -0.4 is 5.32 Å². The van der Waals surface area contributed by atoms with E-state index in [1.54, 1.807) is 6.07 Å². The molecule has 1 N–H and O–H groups in total. The van der Waals surface area contributed by atoms with Gasteiger partial charge in [0.25, 0.3) is 0 Å². The minimum absolute atomic E-state index is 0.0452. The number of ketones is 1. The molecule has 3 nitrogen and oxygen atoms in total. The molecule has 1 aromatic rings. The standard InChI is InChI=1S/C15H19F3N2O/c16-15(17,18)13-4-1-3-12(9-13)10-14(21)11-20-7-2-5-19-6-8-20/h1,3-4,9,19H,2,5-8,10-11H2. The Labute approximate surface area is 122 Å². The molecule has 0 saturated carbocycles. The summed E-state index contributed by atoms with van der Waals surface area (Å²) in [5, 5.41) is 3.25. The van der Waals surface area contributed by atoms with Crippen LogP contribution in [0.4, 0.5) is 13.2 Å². The SMILES string of the molecule is O=C(Cc1cccc(C(F)(F)F)c1)CN1CCCNCC1. The molecule has 0 atom stereocenters. The van der Waals surface area contributed by atoms with Crippen LogP contribution in [0, 0.1) is 0 Å². The first kappa shape index (κ1) is 16.0. The summed E-state index contributed by atoms with van der Waals surface area (Å²) in [6.45, 7) is 3.74. The molecule has 0 bridgehead atoms. The third-order valence-electron chi connectivity index (χ3n) is 3.49. The van der Waals surface area contributed by atoms with Crippen LogP contribution in [-0.4, -0.2) is 43.4 Å². The molecular weight excluding hydrogens is 281 g/mol. The summed E-state index contributed by atoms with van der Waals surface area (Å²) < 4.78 is 37.9. The predicted octanol–water partition coefficient (Wildman–Crippen LogP) is 2.11. The Morgan fingerprint density at radius 2 is 2.05 bits per heavy atom. The number of hydrogen-bond donors (Lipinski definition) is 1. The summed E-state index contributed by atoms with van der Waals surface area (Å²) in [6, 6.07) is 4.99. The van der Waals surface area contributed by atoms with Gasteiger partial charge in [-0.1, -0.05) is 18.2 Å². The number of halogens is 3. The highest BCUT2D eigenvalue weighted by molar-refractivity contribution is 5.82. The zero-order chi connectivity index (χ0) is 15.3. The molecule has 6 heteroatoms. The van der Waals surface area contributed by atoms with Crippen molar-refractivity contribution >= 4 is 5.78 Å². The van der Waals surface area contributed by atoms with E-state index in [0.29, 0.717) is 12.1 Å². The lowest BCUT2D eigenvalue weighted by molar-refractivity contribution is -0.137. The van der Waals surface area contributed by atoms with Crippen molar-refractivity contribution in [2.45, 2.75) is 19.0 Å². The van der Waals surface area contributed by atoms with Crippen LogP contribution >= 0.6 is 0 Å². The maximum absolute atomic E-state index is 12.6. The van der Waals surface area contributed by atoms with Gasteiger partial charge in [-0.2, -0.15) is 13.2 Å². The first-order valence-corrected chi connectivity index (χ1v) is 7.06. The van der Waals surface area contributed by atoms with Crippen molar-refractivity contribution in [1.29, 1.82) is 0 Å². The average molecular weight is 300 g/mol. The minimum atomic E-state index is -4.37. The molecule has 1 saturated heterocycles. The van der Waals surface area contributed by atoms with Crippen molar-refractivity contribution in [3.8, 4) is 0 Å². The third kappa shape index (κ3) is 5.13. The maximum atomic E-state index is 12.6. The minimum Gasteiger partial charge on any atom is -0.315 e. The van der Waals surface area contributed by atoms with E-state index in [2.05, 4.69) is 10.2 Å². The topological polar surface area (TPSA) is 32.3 Å². The molecule has 1 heterocycles. The van der Waals surface area contributed by atoms with Crippen molar-refractivity contribution < 1.29 is 18.0 Å². The lowest BCUT2D eigenvalue weighted by Crippen LogP contribution is -2.33. The van der Waals surface area contributed by atoms with E-state index in [-0.39, 0.29) is 12.2 Å². The van der Waals surface area contributed by atoms with Crippen molar-refractivity contribution in [3.05, 3.63) is 35.4 Å². The number of rotatable bonds is 4. The van der Waals surface area contributed by atoms with Crippen LogP contribution in [0.1, 0.15) is 17.5 Å². The highest BCUT2D eigenvalue weighted by Gasteiger charge is 2.30. The van der Waals surface area contributed by atoms with Crippen LogP contribution in [0.25, 0.3) is 0 Å². The van der Waals surface area contributed by atoms with Gasteiger partial charge in [0, 0.05) is 19.5 Å². The van der Waals surface area contributed by atoms with Gasteiger partial charge in [0.1, 0.15) is 0 Å². The molecule has 2 rings (SSSR count). The Morgan fingerprint density at radius 1 is 1.24 bits per heavy atom. The Kier molecular flexibility index (Phi) is 5.36. The number of carbonyl (C=O) groups is 1. The average Bonchev–Trinajstić information content (AvgIpc) is 2.66. The number of alkyl halides is 3. The Balaban J connectivity index is 1.93. The van der Waals surface area contributed by atoms with E-state index in [9.17, 15) is 18.0 Å². The van der Waals surface area contributed by atoms with Gasteiger partial charge >= 0.3 is 6.18 Å². The van der Waals surface area contributed by atoms with Crippen molar-refractivity contribution in [1.82, 2.24) is 10.2 Å². The van der Waals surface area contributed by atoms with Gasteiger partial charge in [-0.15, -0.1) is 0 Å². The molecule has 116 valence electrons. The smallest absolute Gasteiger partial charge is 0.315 e. The van der Waals surface area contributed by atoms with Gasteiger partial charge in [0.15, 0.2) is 5.78 Å². The van der Waals surface area contributed by atoms with E-state index < -0.39 is 11.7 Å². The first-order chi connectivity index (χ1) is 9.95. The first-order valence-electron chi connectivity index (χ1n) is 7.06. The molecule has 0 unspecified atom stereocenters. The normalized spacial score (nSPS) is 17.5. The Morgan fingerprint density at radius 3 is 2.81 bits per heavy atom. The number of benzene rings is 1. The number of nitrogens with one attached hydrogen (secondary N) is 1. The quantitative estimate of drug-likeness (QED) is 0.924. The molecule has 0 aliphatic carbocycles. The molecule has 21 heavy (non-hydrogen) atoms. The molecule has 1 aliphatic heterocycles. The second-order valence-corrected chi connectivity index (χ2v) is 5.29. The lowest BCUT2D eigenvalue weighted by atomic mass is 10.1. The highest BCUT2D eigenvalue weighted by atomic mass is 19.4. The maximum Gasteiger partial charge on any atom is 0.416 e. The second kappa shape index (κ2) is 7.04. The van der Waals surface area contributed by atoms with E-state index in [1.165, 1.54) is 6.07 Å². The largest absolute Gasteiger partial charge is 0.416 e. The monoisotopic (exact) mass is 300 g/mol. The van der Waals surface area contributed by atoms with Crippen molar-refractivity contribution in [2.24, 2.45) is 0 Å². The molecule has 1 aromatic carbocycles. The summed E-state index contributed by atoms with van der Waals surface area (Å²) >= 11 is 0. The molecular formula is C15H19F3N2O. The summed E-state index contributed by atoms with van der Waals surface area (Å²) in [7, 11) is 0. The van der Waals surface area contributed by atoms with E-state index in [4.69, 9.17) is 0 Å². The number of hydrogen-bond acceptors (Lipinski definition) is 3. The predicted molar refractivity (Wildman–Crippen MR) is 74.1 cm³/mol. The van der Waals surface area contributed by atoms with Crippen LogP contribution in [0.15, 0.2) is 24.3 Å². The van der Waals surface area contributed by atoms with Crippen LogP contribution in [-0.2, 0) is 17.4 Å². The summed E-state index contributed by atoms with van der Waals surface area (Å²) in [5.41, 5.74) is -0.283. The fourth-order valence-corrected chi connectivity index (χ4v) is 2.45. The molecule has 1 fully saturated rings. The van der Waals surface area contributed by atoms with Gasteiger partial charge in [-0.25, -0.2) is 0 Å². The van der Waals surface area contributed by atoms with Gasteiger partial charge in [0.2, 0.25) is 0 Å². The number of carbonyl (C=O) groups excluding carboxylic acids is 1. The fourth-order valence-electron chi connectivity index (χ4n) is 2.45. The summed E-state index contributed by atoms with van der Waals surface area (Å²) in [6.07, 6.45) is -3.33. The molecule has 1 aliphatic rings. The van der Waals surface area contributed by atoms with Crippen molar-refractivity contribution in [3.63, 3.8) is 0 Å². The van der Waals surface area contributed by atoms with Gasteiger partial charge < -0.3 is 5.32 Å². The van der Waals surface area contributed by atoms with Gasteiger partial charge in [-0.3, -0.25) is 9.69 Å². The Hall–Kier alpha value is -1.40. The van der Waals surface area contributed by atoms with E-state index >= 15 is 0 Å². The van der Waals surface area contributed by atoms with E-state index in [1.807, 2.05) is 0 Å². The number of nitrogens with zero attached hydrogens (tertiary/aromatic N) is 1. The molecule has 0 aromatic heterocycles. The van der Waals surface area contributed by atoms with Gasteiger partial charge in [0.05, 0.1) is 12.1 Å². The molecule has 0 spiro atoms. The van der Waals surface area contributed by atoms with Crippen LogP contribution in [0.3, 0.4) is 0 Å².